The van der Waals surface area contributed by atoms with Crippen LogP contribution in [0, 0.1) is 0 Å². The number of carbonyl (C=O) groups is 1. The Balaban J connectivity index is 1.62. The number of ketones is 1. The molecule has 4 N–H and O–H groups in total. The zero-order valence-corrected chi connectivity index (χ0v) is 16.1. The number of nitrogen functional groups attached to an aromatic ring is 1. The maximum Gasteiger partial charge on any atom is 0.189 e. The van der Waals surface area contributed by atoms with Crippen molar-refractivity contribution in [1.82, 2.24) is 29.7 Å². The van der Waals surface area contributed by atoms with Crippen LogP contribution in [0.25, 0.3) is 16.9 Å². The summed E-state index contributed by atoms with van der Waals surface area (Å²) in [6.45, 7) is 0.588. The van der Waals surface area contributed by atoms with Gasteiger partial charge < -0.3 is 11.5 Å². The Morgan fingerprint density at radius 2 is 1.90 bits per heavy atom. The highest BCUT2D eigenvalue weighted by atomic mass is 16.1. The molecule has 0 aliphatic rings. The number of hydrogen-bond donors (Lipinski definition) is 2. The number of nitrogens with two attached hydrogens (primary N) is 2. The minimum atomic E-state index is -0.254. The number of Topliss-reactive ketones (excluding diaryl/α,β-unsaturated/α-hetero) is 1. The van der Waals surface area contributed by atoms with Gasteiger partial charge in [-0.3, -0.25) is 9.78 Å². The first-order valence-electron chi connectivity index (χ1n) is 9.38. The molecule has 0 bridgehead atoms. The van der Waals surface area contributed by atoms with Crippen LogP contribution >= 0.6 is 0 Å². The Hall–Kier alpha value is -3.98. The zero-order valence-electron chi connectivity index (χ0n) is 16.1. The van der Waals surface area contributed by atoms with Crippen molar-refractivity contribution in [2.45, 2.75) is 12.8 Å². The predicted molar refractivity (Wildman–Crippen MR) is 112 cm³/mol. The SMILES string of the molecule is NCCc1ccc(-c2cnc(N)c(C(=O)Cc3cnccc3-n3cncn3)n2)cc1. The van der Waals surface area contributed by atoms with E-state index in [-0.39, 0.29) is 23.7 Å². The van der Waals surface area contributed by atoms with Crippen LogP contribution in [-0.2, 0) is 12.8 Å². The molecule has 0 fully saturated rings. The van der Waals surface area contributed by atoms with E-state index < -0.39 is 0 Å². The highest BCUT2D eigenvalue weighted by Gasteiger charge is 2.18. The van der Waals surface area contributed by atoms with Crippen molar-refractivity contribution in [3.63, 3.8) is 0 Å². The van der Waals surface area contributed by atoms with Gasteiger partial charge in [-0.2, -0.15) is 5.10 Å². The lowest BCUT2D eigenvalue weighted by atomic mass is 10.1. The van der Waals surface area contributed by atoms with E-state index in [1.54, 1.807) is 35.7 Å². The molecule has 0 radical (unpaired) electrons. The van der Waals surface area contributed by atoms with Crippen molar-refractivity contribution in [1.29, 1.82) is 0 Å². The monoisotopic (exact) mass is 400 g/mol. The number of anilines is 1. The first-order valence-corrected chi connectivity index (χ1v) is 9.38. The van der Waals surface area contributed by atoms with Gasteiger partial charge in [0.05, 0.1) is 17.6 Å². The Kier molecular flexibility index (Phi) is 5.53. The van der Waals surface area contributed by atoms with Crippen LogP contribution in [0.2, 0.25) is 0 Å². The fraction of sp³-hybridized carbons (Fsp3) is 0.143. The van der Waals surface area contributed by atoms with E-state index in [4.69, 9.17) is 11.5 Å². The first-order chi connectivity index (χ1) is 14.7. The molecule has 0 amide bonds. The third-order valence-electron chi connectivity index (χ3n) is 4.64. The summed E-state index contributed by atoms with van der Waals surface area (Å²) in [6, 6.07) is 9.61. The number of nitrogens with zero attached hydrogens (tertiary/aromatic N) is 6. The molecule has 0 unspecified atom stereocenters. The van der Waals surface area contributed by atoms with Crippen LogP contribution in [0.1, 0.15) is 21.6 Å². The lowest BCUT2D eigenvalue weighted by Crippen LogP contribution is -2.13. The molecule has 150 valence electrons. The Morgan fingerprint density at radius 1 is 1.07 bits per heavy atom. The molecule has 4 aromatic rings. The topological polar surface area (TPSA) is 138 Å². The van der Waals surface area contributed by atoms with Gasteiger partial charge in [0.25, 0.3) is 0 Å². The Morgan fingerprint density at radius 3 is 2.63 bits per heavy atom. The Labute approximate surface area is 172 Å². The molecule has 0 aliphatic carbocycles. The summed E-state index contributed by atoms with van der Waals surface area (Å²) in [5.41, 5.74) is 15.7. The predicted octanol–water partition coefficient (Wildman–Crippen LogP) is 1.63. The quantitative estimate of drug-likeness (QED) is 0.446. The lowest BCUT2D eigenvalue weighted by molar-refractivity contribution is 0.0988. The maximum absolute atomic E-state index is 13.0. The molecule has 4 rings (SSSR count). The van der Waals surface area contributed by atoms with Gasteiger partial charge in [0.2, 0.25) is 0 Å². The highest BCUT2D eigenvalue weighted by Crippen LogP contribution is 2.21. The fourth-order valence-electron chi connectivity index (χ4n) is 3.12. The lowest BCUT2D eigenvalue weighted by Gasteiger charge is -2.10. The van der Waals surface area contributed by atoms with Crippen molar-refractivity contribution >= 4 is 11.6 Å². The molecule has 3 heterocycles. The number of pyridine rings is 1. The molecule has 30 heavy (non-hydrogen) atoms. The van der Waals surface area contributed by atoms with Gasteiger partial charge in [-0.1, -0.05) is 24.3 Å². The van der Waals surface area contributed by atoms with E-state index >= 15 is 0 Å². The van der Waals surface area contributed by atoms with E-state index in [9.17, 15) is 4.79 Å². The molecular weight excluding hydrogens is 380 g/mol. The van der Waals surface area contributed by atoms with Gasteiger partial charge in [-0.25, -0.2) is 19.6 Å². The average Bonchev–Trinajstić information content (AvgIpc) is 3.30. The van der Waals surface area contributed by atoms with Gasteiger partial charge in [-0.15, -0.1) is 0 Å². The zero-order chi connectivity index (χ0) is 20.9. The standard InChI is InChI=1S/C21H20N8O/c22-7-5-14-1-3-15(4-2-14)17-11-26-21(23)20(28-17)19(30)9-16-10-24-8-6-18(16)29-13-25-12-27-29/h1-4,6,8,10-13H,5,7,9,22H2,(H2,23,26). The number of hydrogen-bond acceptors (Lipinski definition) is 8. The van der Waals surface area contributed by atoms with E-state index in [1.165, 1.54) is 6.33 Å². The van der Waals surface area contributed by atoms with Gasteiger partial charge in [-0.05, 0) is 24.6 Å². The van der Waals surface area contributed by atoms with Crippen molar-refractivity contribution in [2.75, 3.05) is 12.3 Å². The first kappa shape index (κ1) is 19.3. The molecule has 9 heteroatoms. The average molecular weight is 400 g/mol. The maximum atomic E-state index is 13.0. The Bertz CT molecular complexity index is 1160. The van der Waals surface area contributed by atoms with E-state index in [0.29, 0.717) is 23.5 Å². The van der Waals surface area contributed by atoms with E-state index in [0.717, 1.165) is 17.5 Å². The third-order valence-corrected chi connectivity index (χ3v) is 4.64. The summed E-state index contributed by atoms with van der Waals surface area (Å²) in [5, 5.41) is 4.12. The van der Waals surface area contributed by atoms with Crippen molar-refractivity contribution in [3.05, 3.63) is 78.4 Å². The normalized spacial score (nSPS) is 10.8. The van der Waals surface area contributed by atoms with Crippen molar-refractivity contribution in [3.8, 4) is 16.9 Å². The van der Waals surface area contributed by atoms with Crippen LogP contribution in [0.3, 0.4) is 0 Å². The summed E-state index contributed by atoms with van der Waals surface area (Å²) >= 11 is 0. The summed E-state index contributed by atoms with van der Waals surface area (Å²) in [6.07, 6.45) is 8.67. The number of carbonyl (C=O) groups excluding carboxylic acids is 1. The fourth-order valence-corrected chi connectivity index (χ4v) is 3.12. The van der Waals surface area contributed by atoms with E-state index in [2.05, 4.69) is 25.0 Å². The molecule has 0 saturated carbocycles. The van der Waals surface area contributed by atoms with Crippen LogP contribution in [0.5, 0.6) is 0 Å². The summed E-state index contributed by atoms with van der Waals surface area (Å²) in [4.78, 5) is 29.8. The summed E-state index contributed by atoms with van der Waals surface area (Å²) < 4.78 is 1.58. The second kappa shape index (κ2) is 8.58. The summed E-state index contributed by atoms with van der Waals surface area (Å²) in [5.74, 6) is -0.161. The van der Waals surface area contributed by atoms with Crippen molar-refractivity contribution in [2.24, 2.45) is 5.73 Å². The van der Waals surface area contributed by atoms with Crippen molar-refractivity contribution < 1.29 is 4.79 Å². The highest BCUT2D eigenvalue weighted by molar-refractivity contribution is 6.00. The smallest absolute Gasteiger partial charge is 0.189 e. The van der Waals surface area contributed by atoms with Gasteiger partial charge in [0.15, 0.2) is 11.6 Å². The molecular formula is C21H20N8O. The number of rotatable bonds is 7. The van der Waals surface area contributed by atoms with Crippen LogP contribution in [0.4, 0.5) is 5.82 Å². The molecule has 0 atom stereocenters. The molecule has 1 aromatic carbocycles. The molecule has 9 nitrogen and oxygen atoms in total. The molecule has 3 aromatic heterocycles. The third kappa shape index (κ3) is 4.06. The summed E-state index contributed by atoms with van der Waals surface area (Å²) in [7, 11) is 0. The largest absolute Gasteiger partial charge is 0.382 e. The number of aromatic nitrogens is 6. The molecule has 0 aliphatic heterocycles. The van der Waals surface area contributed by atoms with Gasteiger partial charge >= 0.3 is 0 Å². The van der Waals surface area contributed by atoms with E-state index in [1.807, 2.05) is 24.3 Å². The van der Waals surface area contributed by atoms with Crippen LogP contribution < -0.4 is 11.5 Å². The van der Waals surface area contributed by atoms with Gasteiger partial charge in [0.1, 0.15) is 18.3 Å². The minimum Gasteiger partial charge on any atom is -0.382 e. The van der Waals surface area contributed by atoms with Crippen LogP contribution in [-0.4, -0.2) is 42.0 Å². The molecule has 0 spiro atoms. The van der Waals surface area contributed by atoms with Gasteiger partial charge in [0, 0.05) is 29.9 Å². The van der Waals surface area contributed by atoms with Crippen LogP contribution in [0.15, 0.2) is 61.6 Å². The molecule has 0 saturated heterocycles. The second-order valence-corrected chi connectivity index (χ2v) is 6.67. The second-order valence-electron chi connectivity index (χ2n) is 6.67. The number of benzene rings is 1. The minimum absolute atomic E-state index is 0.0564.